The van der Waals surface area contributed by atoms with Crippen LogP contribution < -0.4 is 26.8 Å². The zero-order valence-electron chi connectivity index (χ0n) is 21.6. The van der Waals surface area contributed by atoms with Gasteiger partial charge in [-0.3, -0.25) is 19.8 Å². The van der Waals surface area contributed by atoms with E-state index in [1.54, 1.807) is 54.6 Å². The Morgan fingerprint density at radius 2 is 1.53 bits per heavy atom. The number of benzene rings is 2. The molecule has 0 aliphatic heterocycles. The maximum Gasteiger partial charge on any atom is 0.242 e. The van der Waals surface area contributed by atoms with Crippen molar-refractivity contribution >= 4 is 33.6 Å². The topological polar surface area (TPSA) is 197 Å². The van der Waals surface area contributed by atoms with E-state index in [9.17, 15) is 22.8 Å². The zero-order chi connectivity index (χ0) is 28.3. The summed E-state index contributed by atoms with van der Waals surface area (Å²) < 4.78 is 28.1. The van der Waals surface area contributed by atoms with Gasteiger partial charge in [0.1, 0.15) is 17.9 Å². The fraction of sp³-hybridized carbons (Fsp3) is 0.385. The molecular formula is C26H36N6O5S. The fourth-order valence-corrected chi connectivity index (χ4v) is 5.03. The van der Waals surface area contributed by atoms with E-state index in [0.29, 0.717) is 11.1 Å². The minimum atomic E-state index is -3.87. The van der Waals surface area contributed by atoms with Gasteiger partial charge in [-0.25, -0.2) is 13.1 Å². The quantitative estimate of drug-likeness (QED) is 0.142. The molecule has 0 spiro atoms. The average Bonchev–Trinajstić information content (AvgIpc) is 2.84. The molecule has 38 heavy (non-hydrogen) atoms. The van der Waals surface area contributed by atoms with Crippen molar-refractivity contribution in [1.29, 1.82) is 5.41 Å². The van der Waals surface area contributed by atoms with Gasteiger partial charge in [0.05, 0.1) is 5.75 Å². The van der Waals surface area contributed by atoms with Gasteiger partial charge in [0.2, 0.25) is 27.7 Å². The summed E-state index contributed by atoms with van der Waals surface area (Å²) in [6.07, 6.45) is -0.00584. The molecule has 2 rings (SSSR count). The third kappa shape index (κ3) is 10.7. The molecule has 3 amide bonds. The highest BCUT2D eigenvalue weighted by Gasteiger charge is 2.29. The van der Waals surface area contributed by atoms with E-state index in [0.717, 1.165) is 5.56 Å². The van der Waals surface area contributed by atoms with Crippen molar-refractivity contribution in [1.82, 2.24) is 15.4 Å². The Kier molecular flexibility index (Phi) is 11.4. The Labute approximate surface area is 223 Å². The summed E-state index contributed by atoms with van der Waals surface area (Å²) in [6.45, 7) is 3.82. The third-order valence-electron chi connectivity index (χ3n) is 5.59. The van der Waals surface area contributed by atoms with Gasteiger partial charge in [-0.2, -0.15) is 0 Å². The lowest BCUT2D eigenvalue weighted by Crippen LogP contribution is -2.54. The number of nitrogens with one attached hydrogen (secondary N) is 4. The van der Waals surface area contributed by atoms with E-state index in [1.165, 1.54) is 0 Å². The number of hydrogen-bond acceptors (Lipinski definition) is 6. The van der Waals surface area contributed by atoms with Crippen LogP contribution in [0.5, 0.6) is 0 Å². The summed E-state index contributed by atoms with van der Waals surface area (Å²) in [5.74, 6) is -2.27. The molecule has 0 aliphatic rings. The van der Waals surface area contributed by atoms with E-state index in [-0.39, 0.29) is 43.3 Å². The fourth-order valence-electron chi connectivity index (χ4n) is 3.67. The SMILES string of the molecule is CC(C)C[C@@H](NS(=O)(=O)Cc1ccccc1)C(=O)N[C@@H](CCC(N)=O)C(=O)NCc1ccc(C(=N)N)cc1. The number of carbonyl (C=O) groups is 3. The van der Waals surface area contributed by atoms with E-state index < -0.39 is 39.8 Å². The first-order valence-corrected chi connectivity index (χ1v) is 13.8. The average molecular weight is 545 g/mol. The maximum atomic E-state index is 13.2. The molecule has 0 radical (unpaired) electrons. The highest BCUT2D eigenvalue weighted by Crippen LogP contribution is 2.11. The van der Waals surface area contributed by atoms with Crippen LogP contribution in [0.1, 0.15) is 49.8 Å². The summed E-state index contributed by atoms with van der Waals surface area (Å²) in [5.41, 5.74) is 12.5. The zero-order valence-corrected chi connectivity index (χ0v) is 22.4. The number of nitrogen functional groups attached to an aromatic ring is 1. The standard InChI is InChI=1S/C26H36N6O5S/c1-17(2)14-22(32-38(36,37)16-19-6-4-3-5-7-19)26(35)31-21(12-13-23(27)33)25(34)30-15-18-8-10-20(11-9-18)24(28)29/h3-11,17,21-22,32H,12-16H2,1-2H3,(H2,27,33)(H3,28,29)(H,30,34)(H,31,35)/t21-,22+/m0/s1. The molecule has 12 heteroatoms. The molecule has 8 N–H and O–H groups in total. The van der Waals surface area contributed by atoms with Gasteiger partial charge in [0.15, 0.2) is 0 Å². The van der Waals surface area contributed by atoms with Crippen LogP contribution in [0.15, 0.2) is 54.6 Å². The van der Waals surface area contributed by atoms with Gasteiger partial charge >= 0.3 is 0 Å². The molecule has 0 aliphatic carbocycles. The first kappa shape index (κ1) is 30.5. The normalized spacial score (nSPS) is 12.9. The molecule has 0 saturated carbocycles. The lowest BCUT2D eigenvalue weighted by Gasteiger charge is -2.24. The minimum Gasteiger partial charge on any atom is -0.384 e. The summed E-state index contributed by atoms with van der Waals surface area (Å²) >= 11 is 0. The van der Waals surface area contributed by atoms with Crippen LogP contribution in [-0.2, 0) is 36.7 Å². The second kappa shape index (κ2) is 14.2. The molecule has 11 nitrogen and oxygen atoms in total. The number of amides is 3. The first-order valence-electron chi connectivity index (χ1n) is 12.2. The lowest BCUT2D eigenvalue weighted by molar-refractivity contribution is -0.130. The van der Waals surface area contributed by atoms with Crippen molar-refractivity contribution in [2.45, 2.75) is 57.5 Å². The third-order valence-corrected chi connectivity index (χ3v) is 6.95. The molecule has 206 valence electrons. The molecule has 2 atom stereocenters. The van der Waals surface area contributed by atoms with Crippen LogP contribution in [0, 0.1) is 11.3 Å². The van der Waals surface area contributed by atoms with Crippen LogP contribution in [0.4, 0.5) is 0 Å². The lowest BCUT2D eigenvalue weighted by atomic mass is 10.0. The van der Waals surface area contributed by atoms with Gasteiger partial charge in [-0.1, -0.05) is 68.4 Å². The molecule has 0 heterocycles. The number of primary amides is 1. The van der Waals surface area contributed by atoms with Crippen molar-refractivity contribution in [3.05, 3.63) is 71.3 Å². The number of nitrogens with two attached hydrogens (primary N) is 2. The molecule has 2 aromatic carbocycles. The predicted molar refractivity (Wildman–Crippen MR) is 145 cm³/mol. The molecule has 2 aromatic rings. The second-order valence-corrected chi connectivity index (χ2v) is 11.2. The maximum absolute atomic E-state index is 13.2. The Bertz CT molecular complexity index is 1220. The molecule has 0 fully saturated rings. The molecule has 0 saturated heterocycles. The highest BCUT2D eigenvalue weighted by atomic mass is 32.2. The summed E-state index contributed by atoms with van der Waals surface area (Å²) in [6, 6.07) is 13.0. The highest BCUT2D eigenvalue weighted by molar-refractivity contribution is 7.88. The summed E-state index contributed by atoms with van der Waals surface area (Å²) in [7, 11) is -3.87. The van der Waals surface area contributed by atoms with E-state index in [4.69, 9.17) is 16.9 Å². The van der Waals surface area contributed by atoms with Crippen LogP contribution in [0.3, 0.4) is 0 Å². The van der Waals surface area contributed by atoms with E-state index in [1.807, 2.05) is 13.8 Å². The van der Waals surface area contributed by atoms with Crippen LogP contribution in [0.2, 0.25) is 0 Å². The number of rotatable bonds is 15. The van der Waals surface area contributed by atoms with Crippen molar-refractivity contribution in [3.63, 3.8) is 0 Å². The predicted octanol–water partition coefficient (Wildman–Crippen LogP) is 0.871. The Hall–Kier alpha value is -3.77. The smallest absolute Gasteiger partial charge is 0.242 e. The van der Waals surface area contributed by atoms with Crippen molar-refractivity contribution in [2.24, 2.45) is 17.4 Å². The Balaban J connectivity index is 2.12. The number of amidine groups is 1. The molecule has 0 aromatic heterocycles. The summed E-state index contributed by atoms with van der Waals surface area (Å²) in [4.78, 5) is 37.5. The first-order chi connectivity index (χ1) is 17.9. The van der Waals surface area contributed by atoms with Gasteiger partial charge in [-0.15, -0.1) is 0 Å². The summed E-state index contributed by atoms with van der Waals surface area (Å²) in [5, 5.41) is 12.8. The number of carbonyl (C=O) groups excluding carboxylic acids is 3. The number of sulfonamides is 1. The van der Waals surface area contributed by atoms with Crippen molar-refractivity contribution in [2.75, 3.05) is 0 Å². The molecule has 0 bridgehead atoms. The van der Waals surface area contributed by atoms with E-state index >= 15 is 0 Å². The van der Waals surface area contributed by atoms with Gasteiger partial charge in [0, 0.05) is 18.5 Å². The monoisotopic (exact) mass is 544 g/mol. The largest absolute Gasteiger partial charge is 0.384 e. The van der Waals surface area contributed by atoms with E-state index in [2.05, 4.69) is 15.4 Å². The van der Waals surface area contributed by atoms with Gasteiger partial charge in [0.25, 0.3) is 0 Å². The number of hydrogen-bond donors (Lipinski definition) is 6. The van der Waals surface area contributed by atoms with Crippen LogP contribution >= 0.6 is 0 Å². The molecule has 0 unspecified atom stereocenters. The molecular weight excluding hydrogens is 508 g/mol. The van der Waals surface area contributed by atoms with Crippen LogP contribution in [0.25, 0.3) is 0 Å². The Morgan fingerprint density at radius 3 is 2.08 bits per heavy atom. The van der Waals surface area contributed by atoms with Gasteiger partial charge in [-0.05, 0) is 29.9 Å². The van der Waals surface area contributed by atoms with Crippen molar-refractivity contribution in [3.8, 4) is 0 Å². The van der Waals surface area contributed by atoms with Gasteiger partial charge < -0.3 is 22.1 Å². The van der Waals surface area contributed by atoms with Crippen LogP contribution in [-0.4, -0.2) is 44.1 Å². The Morgan fingerprint density at radius 1 is 0.895 bits per heavy atom. The second-order valence-electron chi connectivity index (χ2n) is 9.44. The van der Waals surface area contributed by atoms with Crippen molar-refractivity contribution < 1.29 is 22.8 Å². The minimum absolute atomic E-state index is 0.0268.